The van der Waals surface area contributed by atoms with Gasteiger partial charge in [0.15, 0.2) is 0 Å². The molecular weight excluding hydrogens is 254 g/mol. The molecule has 0 aliphatic rings. The van der Waals surface area contributed by atoms with Crippen molar-refractivity contribution in [2.24, 2.45) is 0 Å². The van der Waals surface area contributed by atoms with Gasteiger partial charge in [0, 0.05) is 22.7 Å². The van der Waals surface area contributed by atoms with Crippen LogP contribution in [0.5, 0.6) is 0 Å². The van der Waals surface area contributed by atoms with Crippen LogP contribution in [0.3, 0.4) is 0 Å². The summed E-state index contributed by atoms with van der Waals surface area (Å²) in [6, 6.07) is 8.16. The lowest BCUT2D eigenvalue weighted by Gasteiger charge is -2.20. The lowest BCUT2D eigenvalue weighted by molar-refractivity contribution is 0.440. The number of hydrogen-bond acceptors (Lipinski definition) is 2. The van der Waals surface area contributed by atoms with Crippen molar-refractivity contribution in [1.82, 2.24) is 5.32 Å². The van der Waals surface area contributed by atoms with E-state index < -0.39 is 10.8 Å². The predicted molar refractivity (Wildman–Crippen MR) is 84.2 cm³/mol. The van der Waals surface area contributed by atoms with Gasteiger partial charge in [0.05, 0.1) is 10.8 Å². The molecule has 1 aromatic rings. The minimum atomic E-state index is -0.916. The maximum atomic E-state index is 12.2. The summed E-state index contributed by atoms with van der Waals surface area (Å²) in [5, 5.41) is 3.37. The van der Waals surface area contributed by atoms with Gasteiger partial charge < -0.3 is 5.32 Å². The van der Waals surface area contributed by atoms with Crippen LogP contribution in [0.25, 0.3) is 0 Å². The van der Waals surface area contributed by atoms with Gasteiger partial charge in [0.25, 0.3) is 0 Å². The molecule has 0 heterocycles. The highest BCUT2D eigenvalue weighted by Crippen LogP contribution is 2.22. The summed E-state index contributed by atoms with van der Waals surface area (Å²) in [7, 11) is -0.916. The van der Waals surface area contributed by atoms with Crippen LogP contribution in [0.4, 0.5) is 0 Å². The maximum absolute atomic E-state index is 12.2. The van der Waals surface area contributed by atoms with Gasteiger partial charge in [0.1, 0.15) is 0 Å². The molecule has 0 bridgehead atoms. The van der Waals surface area contributed by atoms with Crippen molar-refractivity contribution in [2.75, 3.05) is 12.3 Å². The zero-order valence-corrected chi connectivity index (χ0v) is 13.9. The van der Waals surface area contributed by atoms with Crippen LogP contribution in [0, 0.1) is 0 Å². The fourth-order valence-electron chi connectivity index (χ4n) is 1.74. The van der Waals surface area contributed by atoms with Crippen LogP contribution in [0.2, 0.25) is 0 Å². The average Bonchev–Trinajstić information content (AvgIpc) is 2.26. The summed E-state index contributed by atoms with van der Waals surface area (Å²) < 4.78 is 12.2. The minimum absolute atomic E-state index is 0.0836. The second kappa shape index (κ2) is 6.19. The number of benzene rings is 1. The average molecular weight is 281 g/mol. The Labute approximate surface area is 120 Å². The van der Waals surface area contributed by atoms with Crippen molar-refractivity contribution in [3.05, 3.63) is 29.8 Å². The van der Waals surface area contributed by atoms with Crippen LogP contribution in [0.15, 0.2) is 29.2 Å². The van der Waals surface area contributed by atoms with Crippen molar-refractivity contribution >= 4 is 10.8 Å². The molecule has 1 N–H and O–H groups in total. The summed E-state index contributed by atoms with van der Waals surface area (Å²) in [5.74, 6) is 0.659. The summed E-state index contributed by atoms with van der Waals surface area (Å²) in [4.78, 5) is 0.920. The second-order valence-electron chi connectivity index (χ2n) is 7.00. The largest absolute Gasteiger partial charge is 0.311 e. The Balaban J connectivity index is 2.59. The van der Waals surface area contributed by atoms with Gasteiger partial charge in [-0.05, 0) is 43.9 Å². The Morgan fingerprint density at radius 2 is 1.53 bits per heavy atom. The van der Waals surface area contributed by atoms with Gasteiger partial charge >= 0.3 is 0 Å². The first kappa shape index (κ1) is 16.4. The fourth-order valence-corrected chi connectivity index (χ4v) is 2.71. The summed E-state index contributed by atoms with van der Waals surface area (Å²) in [5.41, 5.74) is 1.51. The molecule has 0 radical (unpaired) electrons. The molecular formula is C16H27NOS. The van der Waals surface area contributed by atoms with Crippen LogP contribution in [-0.4, -0.2) is 22.0 Å². The molecule has 0 amide bonds. The highest BCUT2D eigenvalue weighted by Gasteiger charge is 2.14. The maximum Gasteiger partial charge on any atom is 0.0542 e. The molecule has 0 saturated heterocycles. The molecule has 108 valence electrons. The zero-order chi connectivity index (χ0) is 14.7. The second-order valence-corrected chi connectivity index (χ2v) is 8.57. The SMILES string of the molecule is CC(C)(C)NCCS(=O)c1ccc(C(C)(C)C)cc1. The third-order valence-electron chi connectivity index (χ3n) is 2.93. The van der Waals surface area contributed by atoms with Crippen LogP contribution >= 0.6 is 0 Å². The summed E-state index contributed by atoms with van der Waals surface area (Å²) in [6.45, 7) is 13.7. The standard InChI is InChI=1S/C16H27NOS/c1-15(2,3)13-7-9-14(10-8-13)19(18)12-11-17-16(4,5)6/h7-10,17H,11-12H2,1-6H3. The van der Waals surface area contributed by atoms with E-state index in [1.165, 1.54) is 5.56 Å². The lowest BCUT2D eigenvalue weighted by atomic mass is 9.87. The molecule has 0 fully saturated rings. The Bertz CT molecular complexity index is 424. The molecule has 19 heavy (non-hydrogen) atoms. The molecule has 1 aromatic carbocycles. The van der Waals surface area contributed by atoms with Crippen molar-refractivity contribution in [1.29, 1.82) is 0 Å². The van der Waals surface area contributed by atoms with Gasteiger partial charge in [-0.15, -0.1) is 0 Å². The third-order valence-corrected chi connectivity index (χ3v) is 4.30. The van der Waals surface area contributed by atoms with E-state index in [1.807, 2.05) is 12.1 Å². The number of rotatable bonds is 4. The van der Waals surface area contributed by atoms with Gasteiger partial charge in [-0.25, -0.2) is 0 Å². The minimum Gasteiger partial charge on any atom is -0.311 e. The van der Waals surface area contributed by atoms with Gasteiger partial charge in [0.2, 0.25) is 0 Å². The van der Waals surface area contributed by atoms with Crippen molar-refractivity contribution in [3.63, 3.8) is 0 Å². The molecule has 1 atom stereocenters. The molecule has 0 saturated carbocycles. The van der Waals surface area contributed by atoms with E-state index in [1.54, 1.807) is 0 Å². The molecule has 3 heteroatoms. The number of nitrogens with one attached hydrogen (secondary N) is 1. The summed E-state index contributed by atoms with van der Waals surface area (Å²) >= 11 is 0. The van der Waals surface area contributed by atoms with Crippen molar-refractivity contribution in [2.45, 2.75) is 57.4 Å². The third kappa shape index (κ3) is 5.87. The van der Waals surface area contributed by atoms with E-state index in [9.17, 15) is 4.21 Å². The Kier molecular flexibility index (Phi) is 5.34. The first-order chi connectivity index (χ1) is 8.59. The highest BCUT2D eigenvalue weighted by atomic mass is 32.2. The first-order valence-corrected chi connectivity index (χ1v) is 8.15. The molecule has 0 aliphatic carbocycles. The predicted octanol–water partition coefficient (Wildman–Crippen LogP) is 3.48. The molecule has 1 rings (SSSR count). The Morgan fingerprint density at radius 1 is 1.00 bits per heavy atom. The Hall–Kier alpha value is -0.670. The van der Waals surface area contributed by atoms with Crippen LogP contribution in [-0.2, 0) is 16.2 Å². The molecule has 0 aliphatic heterocycles. The van der Waals surface area contributed by atoms with E-state index in [4.69, 9.17) is 0 Å². The van der Waals surface area contributed by atoms with Crippen LogP contribution < -0.4 is 5.32 Å². The normalized spacial score (nSPS) is 14.4. The zero-order valence-electron chi connectivity index (χ0n) is 13.0. The fraction of sp³-hybridized carbons (Fsp3) is 0.625. The monoisotopic (exact) mass is 281 g/mol. The van der Waals surface area contributed by atoms with Gasteiger partial charge in [-0.3, -0.25) is 4.21 Å². The van der Waals surface area contributed by atoms with E-state index in [2.05, 4.69) is 59.0 Å². The lowest BCUT2D eigenvalue weighted by Crippen LogP contribution is -2.38. The van der Waals surface area contributed by atoms with Crippen LogP contribution in [0.1, 0.15) is 47.1 Å². The van der Waals surface area contributed by atoms with Gasteiger partial charge in [-0.2, -0.15) is 0 Å². The van der Waals surface area contributed by atoms with E-state index in [-0.39, 0.29) is 11.0 Å². The smallest absolute Gasteiger partial charge is 0.0542 e. The number of hydrogen-bond donors (Lipinski definition) is 1. The van der Waals surface area contributed by atoms with E-state index in [0.29, 0.717) is 5.75 Å². The molecule has 0 aromatic heterocycles. The first-order valence-electron chi connectivity index (χ1n) is 6.83. The van der Waals surface area contributed by atoms with E-state index >= 15 is 0 Å². The molecule has 2 nitrogen and oxygen atoms in total. The highest BCUT2D eigenvalue weighted by molar-refractivity contribution is 7.85. The molecule has 1 unspecified atom stereocenters. The van der Waals surface area contributed by atoms with Crippen molar-refractivity contribution in [3.8, 4) is 0 Å². The molecule has 0 spiro atoms. The van der Waals surface area contributed by atoms with E-state index in [0.717, 1.165) is 11.4 Å². The quantitative estimate of drug-likeness (QED) is 0.915. The van der Waals surface area contributed by atoms with Gasteiger partial charge in [-0.1, -0.05) is 32.9 Å². The van der Waals surface area contributed by atoms with Crippen molar-refractivity contribution < 1.29 is 4.21 Å². The summed E-state index contributed by atoms with van der Waals surface area (Å²) in [6.07, 6.45) is 0. The Morgan fingerprint density at radius 3 is 1.95 bits per heavy atom. The topological polar surface area (TPSA) is 29.1 Å².